The molecule has 0 amide bonds. The third kappa shape index (κ3) is 3.45. The second-order valence-electron chi connectivity index (χ2n) is 5.54. The largest absolute Gasteiger partial charge is 0.360 e. The van der Waals surface area contributed by atoms with Crippen LogP contribution in [0.3, 0.4) is 0 Å². The number of rotatable bonds is 4. The van der Waals surface area contributed by atoms with Crippen molar-refractivity contribution >= 4 is 11.6 Å². The fourth-order valence-corrected chi connectivity index (χ4v) is 2.73. The molecule has 3 rings (SSSR count). The van der Waals surface area contributed by atoms with Crippen molar-refractivity contribution < 1.29 is 4.52 Å². The molecule has 0 aliphatic carbocycles. The molecule has 2 aromatic heterocycles. The lowest BCUT2D eigenvalue weighted by atomic mass is 10.3. The predicted molar refractivity (Wildman–Crippen MR) is 80.0 cm³/mol. The SMILES string of the molecule is Cc1cc(CN2CCN(Cc3ncc(Cl)n3C)CC2)on1. The summed E-state index contributed by atoms with van der Waals surface area (Å²) in [4.78, 5) is 9.15. The first kappa shape index (κ1) is 14.6. The Labute approximate surface area is 129 Å². The van der Waals surface area contributed by atoms with Gasteiger partial charge in [0.15, 0.2) is 5.76 Å². The van der Waals surface area contributed by atoms with Crippen LogP contribution in [0, 0.1) is 6.92 Å². The van der Waals surface area contributed by atoms with Gasteiger partial charge in [-0.1, -0.05) is 16.8 Å². The van der Waals surface area contributed by atoms with Gasteiger partial charge in [0, 0.05) is 39.3 Å². The van der Waals surface area contributed by atoms with Gasteiger partial charge >= 0.3 is 0 Å². The van der Waals surface area contributed by atoms with Crippen LogP contribution in [0.4, 0.5) is 0 Å². The quantitative estimate of drug-likeness (QED) is 0.860. The van der Waals surface area contributed by atoms with Gasteiger partial charge in [0.2, 0.25) is 0 Å². The summed E-state index contributed by atoms with van der Waals surface area (Å²) in [5.41, 5.74) is 0.940. The summed E-state index contributed by atoms with van der Waals surface area (Å²) in [5.74, 6) is 1.95. The van der Waals surface area contributed by atoms with E-state index in [0.29, 0.717) is 5.15 Å². The average Bonchev–Trinajstić information content (AvgIpc) is 3.01. The van der Waals surface area contributed by atoms with E-state index in [2.05, 4.69) is 19.9 Å². The molecule has 114 valence electrons. The molecule has 7 heteroatoms. The molecule has 0 spiro atoms. The van der Waals surface area contributed by atoms with E-state index in [1.165, 1.54) is 0 Å². The van der Waals surface area contributed by atoms with Crippen LogP contribution in [-0.2, 0) is 20.1 Å². The maximum Gasteiger partial charge on any atom is 0.150 e. The summed E-state index contributed by atoms with van der Waals surface area (Å²) in [7, 11) is 1.95. The normalized spacial score (nSPS) is 17.5. The smallest absolute Gasteiger partial charge is 0.150 e. The van der Waals surface area contributed by atoms with Gasteiger partial charge in [-0.15, -0.1) is 0 Å². The van der Waals surface area contributed by atoms with Gasteiger partial charge < -0.3 is 9.09 Å². The van der Waals surface area contributed by atoms with Gasteiger partial charge in [-0.2, -0.15) is 0 Å². The first-order valence-corrected chi connectivity index (χ1v) is 7.52. The van der Waals surface area contributed by atoms with Crippen molar-refractivity contribution in [2.45, 2.75) is 20.0 Å². The van der Waals surface area contributed by atoms with Crippen LogP contribution in [0.5, 0.6) is 0 Å². The summed E-state index contributed by atoms with van der Waals surface area (Å²) in [6.45, 7) is 7.73. The van der Waals surface area contributed by atoms with E-state index in [9.17, 15) is 0 Å². The van der Waals surface area contributed by atoms with Crippen LogP contribution in [0.1, 0.15) is 17.3 Å². The first-order valence-electron chi connectivity index (χ1n) is 7.15. The van der Waals surface area contributed by atoms with E-state index in [1.54, 1.807) is 6.20 Å². The van der Waals surface area contributed by atoms with Crippen LogP contribution < -0.4 is 0 Å². The molecule has 6 nitrogen and oxygen atoms in total. The fraction of sp³-hybridized carbons (Fsp3) is 0.571. The fourth-order valence-electron chi connectivity index (χ4n) is 2.59. The molecule has 0 radical (unpaired) electrons. The maximum atomic E-state index is 6.02. The van der Waals surface area contributed by atoms with Crippen molar-refractivity contribution in [3.8, 4) is 0 Å². The Morgan fingerprint density at radius 3 is 2.38 bits per heavy atom. The topological polar surface area (TPSA) is 50.3 Å². The number of hydrogen-bond acceptors (Lipinski definition) is 5. The van der Waals surface area contributed by atoms with Gasteiger partial charge in [-0.3, -0.25) is 9.80 Å². The van der Waals surface area contributed by atoms with Crippen LogP contribution in [0.2, 0.25) is 5.15 Å². The minimum atomic E-state index is 0.685. The average molecular weight is 310 g/mol. The molecule has 1 aliphatic rings. The van der Waals surface area contributed by atoms with E-state index in [-0.39, 0.29) is 0 Å². The van der Waals surface area contributed by atoms with Crippen molar-refractivity contribution in [2.24, 2.45) is 7.05 Å². The highest BCUT2D eigenvalue weighted by molar-refractivity contribution is 6.29. The summed E-state index contributed by atoms with van der Waals surface area (Å²) in [5, 5.41) is 4.61. The zero-order chi connectivity index (χ0) is 14.8. The molecule has 0 atom stereocenters. The Morgan fingerprint density at radius 1 is 1.19 bits per heavy atom. The van der Waals surface area contributed by atoms with Crippen molar-refractivity contribution in [3.63, 3.8) is 0 Å². The lowest BCUT2D eigenvalue weighted by Gasteiger charge is -2.33. The van der Waals surface area contributed by atoms with Crippen molar-refractivity contribution in [2.75, 3.05) is 26.2 Å². The van der Waals surface area contributed by atoms with Crippen LogP contribution in [0.25, 0.3) is 0 Å². The van der Waals surface area contributed by atoms with Gasteiger partial charge in [0.1, 0.15) is 11.0 Å². The lowest BCUT2D eigenvalue weighted by molar-refractivity contribution is 0.111. The number of hydrogen-bond donors (Lipinski definition) is 0. The second-order valence-corrected chi connectivity index (χ2v) is 5.93. The van der Waals surface area contributed by atoms with E-state index in [4.69, 9.17) is 16.1 Å². The molecule has 0 unspecified atom stereocenters. The van der Waals surface area contributed by atoms with Crippen LogP contribution in [-0.4, -0.2) is 50.7 Å². The molecular formula is C14H20ClN5O. The van der Waals surface area contributed by atoms with Gasteiger partial charge in [-0.05, 0) is 6.92 Å². The van der Waals surface area contributed by atoms with Gasteiger partial charge in [-0.25, -0.2) is 4.98 Å². The molecule has 1 saturated heterocycles. The van der Waals surface area contributed by atoms with Crippen molar-refractivity contribution in [3.05, 3.63) is 34.7 Å². The molecule has 1 fully saturated rings. The molecule has 3 heterocycles. The standard InChI is InChI=1S/C14H20ClN5O/c1-11-7-12(21-17-11)9-19-3-5-20(6-4-19)10-14-16-8-13(15)18(14)2/h7-8H,3-6,9-10H2,1-2H3. The number of aryl methyl sites for hydroxylation is 1. The number of nitrogens with zero attached hydrogens (tertiary/aromatic N) is 5. The Hall–Kier alpha value is -1.37. The lowest BCUT2D eigenvalue weighted by Crippen LogP contribution is -2.45. The zero-order valence-electron chi connectivity index (χ0n) is 12.4. The number of imidazole rings is 1. The monoisotopic (exact) mass is 309 g/mol. The molecule has 21 heavy (non-hydrogen) atoms. The molecule has 0 bridgehead atoms. The second kappa shape index (κ2) is 6.17. The van der Waals surface area contributed by atoms with Crippen LogP contribution >= 0.6 is 11.6 Å². The molecule has 1 aliphatic heterocycles. The minimum Gasteiger partial charge on any atom is -0.360 e. The highest BCUT2D eigenvalue weighted by atomic mass is 35.5. The Morgan fingerprint density at radius 2 is 1.86 bits per heavy atom. The van der Waals surface area contributed by atoms with Crippen molar-refractivity contribution in [1.82, 2.24) is 24.5 Å². The molecule has 0 N–H and O–H groups in total. The highest BCUT2D eigenvalue weighted by Gasteiger charge is 2.19. The zero-order valence-corrected chi connectivity index (χ0v) is 13.2. The van der Waals surface area contributed by atoms with E-state index < -0.39 is 0 Å². The maximum absolute atomic E-state index is 6.02. The first-order chi connectivity index (χ1) is 10.1. The number of aromatic nitrogens is 3. The third-order valence-corrected chi connectivity index (χ3v) is 4.26. The van der Waals surface area contributed by atoms with Gasteiger partial charge in [0.25, 0.3) is 0 Å². The van der Waals surface area contributed by atoms with E-state index >= 15 is 0 Å². The van der Waals surface area contributed by atoms with E-state index in [0.717, 1.165) is 56.5 Å². The number of piperazine rings is 1. The summed E-state index contributed by atoms with van der Waals surface area (Å²) < 4.78 is 7.21. The summed E-state index contributed by atoms with van der Waals surface area (Å²) in [6.07, 6.45) is 1.71. The molecule has 0 aromatic carbocycles. The predicted octanol–water partition coefficient (Wildman–Crippen LogP) is 1.69. The van der Waals surface area contributed by atoms with Crippen LogP contribution in [0.15, 0.2) is 16.8 Å². The van der Waals surface area contributed by atoms with Gasteiger partial charge in [0.05, 0.1) is 25.0 Å². The minimum absolute atomic E-state index is 0.685. The Kier molecular flexibility index (Phi) is 4.28. The highest BCUT2D eigenvalue weighted by Crippen LogP contribution is 2.14. The Balaban J connectivity index is 1.50. The molecule has 2 aromatic rings. The van der Waals surface area contributed by atoms with Crippen molar-refractivity contribution in [1.29, 1.82) is 0 Å². The van der Waals surface area contributed by atoms with E-state index in [1.807, 2.05) is 24.6 Å². The summed E-state index contributed by atoms with van der Waals surface area (Å²) >= 11 is 6.02. The molecular weight excluding hydrogens is 290 g/mol. The molecule has 0 saturated carbocycles. The third-order valence-electron chi connectivity index (χ3n) is 3.91. The Bertz CT molecular complexity index is 600. The number of halogens is 1. The summed E-state index contributed by atoms with van der Waals surface area (Å²) in [6, 6.07) is 2.00.